The summed E-state index contributed by atoms with van der Waals surface area (Å²) in [5, 5.41) is 4.02. The van der Waals surface area contributed by atoms with Crippen molar-refractivity contribution in [1.29, 1.82) is 0 Å². The number of primary amides is 1. The molecule has 4 rings (SSSR count). The highest BCUT2D eigenvalue weighted by Gasteiger charge is 2.18. The van der Waals surface area contributed by atoms with E-state index in [1.807, 2.05) is 79.7 Å². The van der Waals surface area contributed by atoms with E-state index >= 15 is 0 Å². The first-order chi connectivity index (χ1) is 15.7. The summed E-state index contributed by atoms with van der Waals surface area (Å²) in [6, 6.07) is 29.6. The van der Waals surface area contributed by atoms with Gasteiger partial charge in [-0.3, -0.25) is 0 Å². The maximum atomic E-state index is 11.1. The monoisotopic (exact) mass is 424 g/mol. The Labute approximate surface area is 187 Å². The topological polar surface area (TPSA) is 81.6 Å². The zero-order valence-corrected chi connectivity index (χ0v) is 17.7. The van der Waals surface area contributed by atoms with Crippen LogP contribution in [-0.4, -0.2) is 23.4 Å². The average Bonchev–Trinajstić information content (AvgIpc) is 3.20. The van der Waals surface area contributed by atoms with Crippen LogP contribution in [0.15, 0.2) is 96.1 Å². The summed E-state index contributed by atoms with van der Waals surface area (Å²) in [6.07, 6.45) is 1.62. The number of nitrogens with zero attached hydrogens (tertiary/aromatic N) is 2. The van der Waals surface area contributed by atoms with Crippen molar-refractivity contribution in [2.24, 2.45) is 10.8 Å². The molecule has 3 aromatic carbocycles. The summed E-state index contributed by atoms with van der Waals surface area (Å²) < 4.78 is 7.81. The first-order valence-corrected chi connectivity index (χ1v) is 10.4. The van der Waals surface area contributed by atoms with E-state index in [4.69, 9.17) is 10.5 Å². The van der Waals surface area contributed by atoms with Gasteiger partial charge in [-0.05, 0) is 48.4 Å². The summed E-state index contributed by atoms with van der Waals surface area (Å²) in [7, 11) is 0. The number of carbonyl (C=O) groups excluding carboxylic acids is 1. The van der Waals surface area contributed by atoms with Gasteiger partial charge in [-0.2, -0.15) is 5.10 Å². The third-order valence-corrected chi connectivity index (χ3v) is 4.93. The number of nitrogens with one attached hydrogen (secondary N) is 1. The van der Waals surface area contributed by atoms with E-state index in [2.05, 4.69) is 33.3 Å². The lowest BCUT2D eigenvalue weighted by Crippen LogP contribution is -2.24. The van der Waals surface area contributed by atoms with Crippen molar-refractivity contribution in [2.45, 2.75) is 6.92 Å². The number of hydrogen-bond donors (Lipinski definition) is 2. The summed E-state index contributed by atoms with van der Waals surface area (Å²) in [6.45, 7) is 2.58. The number of hydrazone groups is 1. The maximum absolute atomic E-state index is 11.1. The molecule has 0 unspecified atom stereocenters. The number of hydrogen-bond acceptors (Lipinski definition) is 3. The van der Waals surface area contributed by atoms with Crippen molar-refractivity contribution in [3.8, 4) is 34.0 Å². The largest absolute Gasteiger partial charge is 0.494 e. The van der Waals surface area contributed by atoms with Gasteiger partial charge in [0.25, 0.3) is 0 Å². The number of ether oxygens (including phenoxy) is 1. The molecule has 0 saturated carbocycles. The normalized spacial score (nSPS) is 10.9. The van der Waals surface area contributed by atoms with Gasteiger partial charge >= 0.3 is 6.03 Å². The second kappa shape index (κ2) is 9.66. The van der Waals surface area contributed by atoms with Crippen LogP contribution in [0.4, 0.5) is 4.79 Å². The van der Waals surface area contributed by atoms with Crippen LogP contribution < -0.4 is 15.9 Å². The molecule has 1 aromatic heterocycles. The van der Waals surface area contributed by atoms with Crippen molar-refractivity contribution < 1.29 is 9.53 Å². The summed E-state index contributed by atoms with van der Waals surface area (Å²) in [5.41, 5.74) is 13.3. The van der Waals surface area contributed by atoms with Gasteiger partial charge in [0.2, 0.25) is 0 Å². The first kappa shape index (κ1) is 20.9. The molecule has 4 aromatic rings. The van der Waals surface area contributed by atoms with E-state index in [1.54, 1.807) is 6.21 Å². The molecule has 0 bridgehead atoms. The Bertz CT molecular complexity index is 1210. The smallest absolute Gasteiger partial charge is 0.332 e. The van der Waals surface area contributed by atoms with Gasteiger partial charge in [0.15, 0.2) is 0 Å². The van der Waals surface area contributed by atoms with Crippen LogP contribution in [0.3, 0.4) is 0 Å². The van der Waals surface area contributed by atoms with Gasteiger partial charge in [0.05, 0.1) is 24.2 Å². The minimum atomic E-state index is -0.711. The Hall–Kier alpha value is -4.32. The van der Waals surface area contributed by atoms with Gasteiger partial charge in [0, 0.05) is 11.3 Å². The van der Waals surface area contributed by atoms with Crippen molar-refractivity contribution in [3.05, 3.63) is 96.6 Å². The molecule has 160 valence electrons. The number of urea groups is 1. The van der Waals surface area contributed by atoms with Crippen LogP contribution in [0.1, 0.15) is 12.5 Å². The highest BCUT2D eigenvalue weighted by Crippen LogP contribution is 2.35. The predicted octanol–water partition coefficient (Wildman–Crippen LogP) is 5.21. The SMILES string of the molecule is CCOc1ccc(-n2c(-c3ccccc3)cc(/C=N\NC(N)=O)c2-c2ccccc2)cc1. The minimum absolute atomic E-state index is 0.612. The van der Waals surface area contributed by atoms with Crippen LogP contribution in [0, 0.1) is 0 Å². The Balaban J connectivity index is 1.96. The van der Waals surface area contributed by atoms with Crippen molar-refractivity contribution in [2.75, 3.05) is 6.61 Å². The van der Waals surface area contributed by atoms with Crippen LogP contribution in [0.25, 0.3) is 28.2 Å². The third kappa shape index (κ3) is 4.54. The fourth-order valence-corrected chi connectivity index (χ4v) is 3.63. The van der Waals surface area contributed by atoms with Crippen LogP contribution in [0.5, 0.6) is 5.75 Å². The first-order valence-electron chi connectivity index (χ1n) is 10.4. The van der Waals surface area contributed by atoms with E-state index in [1.165, 1.54) is 0 Å². The molecule has 0 radical (unpaired) electrons. The number of nitrogens with two attached hydrogens (primary N) is 1. The van der Waals surface area contributed by atoms with Gasteiger partial charge in [-0.25, -0.2) is 10.2 Å². The molecule has 0 aliphatic carbocycles. The Morgan fingerprint density at radius 3 is 2.19 bits per heavy atom. The number of rotatable bonds is 7. The summed E-state index contributed by atoms with van der Waals surface area (Å²) in [5.74, 6) is 0.818. The predicted molar refractivity (Wildman–Crippen MR) is 128 cm³/mol. The molecular weight excluding hydrogens is 400 g/mol. The molecule has 0 spiro atoms. The van der Waals surface area contributed by atoms with E-state index in [0.717, 1.165) is 39.5 Å². The maximum Gasteiger partial charge on any atom is 0.332 e. The van der Waals surface area contributed by atoms with Crippen LogP contribution in [0.2, 0.25) is 0 Å². The zero-order valence-electron chi connectivity index (χ0n) is 17.7. The van der Waals surface area contributed by atoms with E-state index in [9.17, 15) is 4.79 Å². The standard InChI is InChI=1S/C26H24N4O2/c1-2-32-23-15-13-22(14-16-23)30-24(19-9-5-3-6-10-19)17-21(18-28-29-26(27)31)25(30)20-11-7-4-8-12-20/h3-18H,2H2,1H3,(H3,27,29,31)/b28-18-. The van der Waals surface area contributed by atoms with Gasteiger partial charge in [-0.1, -0.05) is 60.7 Å². The number of aromatic nitrogens is 1. The van der Waals surface area contributed by atoms with Crippen molar-refractivity contribution in [3.63, 3.8) is 0 Å². The molecule has 0 fully saturated rings. The average molecular weight is 425 g/mol. The van der Waals surface area contributed by atoms with Gasteiger partial charge in [-0.15, -0.1) is 0 Å². The number of benzene rings is 3. The fourth-order valence-electron chi connectivity index (χ4n) is 3.63. The quantitative estimate of drug-likeness (QED) is 0.315. The summed E-state index contributed by atoms with van der Waals surface area (Å²) in [4.78, 5) is 11.1. The molecule has 3 N–H and O–H groups in total. The Kier molecular flexibility index (Phi) is 6.32. The lowest BCUT2D eigenvalue weighted by atomic mass is 10.1. The Morgan fingerprint density at radius 2 is 1.59 bits per heavy atom. The van der Waals surface area contributed by atoms with E-state index in [0.29, 0.717) is 6.61 Å². The second-order valence-corrected chi connectivity index (χ2v) is 7.06. The molecule has 6 nitrogen and oxygen atoms in total. The summed E-state index contributed by atoms with van der Waals surface area (Å²) >= 11 is 0. The molecule has 32 heavy (non-hydrogen) atoms. The van der Waals surface area contributed by atoms with Crippen molar-refractivity contribution >= 4 is 12.2 Å². The molecule has 2 amide bonds. The molecular formula is C26H24N4O2. The van der Waals surface area contributed by atoms with Crippen LogP contribution in [-0.2, 0) is 0 Å². The molecule has 0 aliphatic heterocycles. The van der Waals surface area contributed by atoms with Crippen LogP contribution >= 0.6 is 0 Å². The molecule has 0 saturated heterocycles. The zero-order chi connectivity index (χ0) is 22.3. The molecule has 0 atom stereocenters. The highest BCUT2D eigenvalue weighted by molar-refractivity contribution is 5.94. The van der Waals surface area contributed by atoms with E-state index in [-0.39, 0.29) is 0 Å². The Morgan fingerprint density at radius 1 is 0.969 bits per heavy atom. The minimum Gasteiger partial charge on any atom is -0.494 e. The number of carbonyl (C=O) groups is 1. The van der Waals surface area contributed by atoms with Crippen molar-refractivity contribution in [1.82, 2.24) is 9.99 Å². The van der Waals surface area contributed by atoms with Gasteiger partial charge < -0.3 is 15.0 Å². The molecule has 6 heteroatoms. The molecule has 0 aliphatic rings. The number of amides is 2. The second-order valence-electron chi connectivity index (χ2n) is 7.06. The lowest BCUT2D eigenvalue weighted by Gasteiger charge is -2.15. The fraction of sp³-hybridized carbons (Fsp3) is 0.0769. The molecule has 1 heterocycles. The third-order valence-electron chi connectivity index (χ3n) is 4.93. The van der Waals surface area contributed by atoms with Gasteiger partial charge in [0.1, 0.15) is 5.75 Å². The highest BCUT2D eigenvalue weighted by atomic mass is 16.5. The lowest BCUT2D eigenvalue weighted by molar-refractivity contribution is 0.249. The van der Waals surface area contributed by atoms with E-state index < -0.39 is 6.03 Å².